The second-order valence-electron chi connectivity index (χ2n) is 3.75. The van der Waals surface area contributed by atoms with Crippen LogP contribution in [0, 0.1) is 0 Å². The van der Waals surface area contributed by atoms with Crippen LogP contribution in [0.5, 0.6) is 0 Å². The molecule has 1 aromatic rings. The molecule has 1 aromatic carbocycles. The van der Waals surface area contributed by atoms with Crippen molar-refractivity contribution in [2.45, 2.75) is 6.42 Å². The number of rotatable bonds is 5. The van der Waals surface area contributed by atoms with Crippen molar-refractivity contribution >= 4 is 5.91 Å². The molecule has 1 amide bonds. The highest BCUT2D eigenvalue weighted by atomic mass is 16.2. The maximum atomic E-state index is 11.5. The molecule has 3 nitrogen and oxygen atoms in total. The van der Waals surface area contributed by atoms with Crippen molar-refractivity contribution in [1.82, 2.24) is 10.0 Å². The molecule has 0 bridgehead atoms. The summed E-state index contributed by atoms with van der Waals surface area (Å²) < 4.78 is 0. The standard InChI is InChI=1S/C13H18N2O/c1-4-13(16)15(14(2)3)11-10-12-8-6-5-7-9-12/h4-9H,1,10-11H2,2-3H3. The molecule has 0 heterocycles. The highest BCUT2D eigenvalue weighted by Crippen LogP contribution is 2.03. The van der Waals surface area contributed by atoms with Gasteiger partial charge in [-0.3, -0.25) is 9.80 Å². The van der Waals surface area contributed by atoms with Crippen LogP contribution in [0.25, 0.3) is 0 Å². The van der Waals surface area contributed by atoms with Gasteiger partial charge in [0.05, 0.1) is 0 Å². The van der Waals surface area contributed by atoms with Crippen LogP contribution in [0.4, 0.5) is 0 Å². The van der Waals surface area contributed by atoms with Crippen molar-refractivity contribution in [3.05, 3.63) is 48.6 Å². The van der Waals surface area contributed by atoms with E-state index in [1.54, 1.807) is 10.0 Å². The Kier molecular flexibility index (Phi) is 4.73. The first kappa shape index (κ1) is 12.5. The topological polar surface area (TPSA) is 23.6 Å². The second-order valence-corrected chi connectivity index (χ2v) is 3.75. The van der Waals surface area contributed by atoms with Gasteiger partial charge in [-0.2, -0.15) is 0 Å². The summed E-state index contributed by atoms with van der Waals surface area (Å²) in [6.45, 7) is 4.17. The van der Waals surface area contributed by atoms with E-state index in [9.17, 15) is 4.79 Å². The number of nitrogens with zero attached hydrogens (tertiary/aromatic N) is 2. The summed E-state index contributed by atoms with van der Waals surface area (Å²) in [6, 6.07) is 10.1. The van der Waals surface area contributed by atoms with Crippen LogP contribution in [-0.2, 0) is 11.2 Å². The molecular formula is C13H18N2O. The Hall–Kier alpha value is -1.61. The van der Waals surface area contributed by atoms with Gasteiger partial charge in [-0.15, -0.1) is 0 Å². The normalized spacial score (nSPS) is 10.2. The summed E-state index contributed by atoms with van der Waals surface area (Å²) in [7, 11) is 3.71. The highest BCUT2D eigenvalue weighted by Gasteiger charge is 2.11. The number of amides is 1. The van der Waals surface area contributed by atoms with E-state index < -0.39 is 0 Å². The summed E-state index contributed by atoms with van der Waals surface area (Å²) in [5.74, 6) is -0.0686. The fourth-order valence-corrected chi connectivity index (χ4v) is 1.49. The minimum atomic E-state index is -0.0686. The molecule has 0 aliphatic heterocycles. The number of hydrogen-bond acceptors (Lipinski definition) is 2. The van der Waals surface area contributed by atoms with E-state index in [4.69, 9.17) is 0 Å². The predicted octanol–water partition coefficient (Wildman–Crippen LogP) is 1.72. The Morgan fingerprint density at radius 3 is 2.44 bits per heavy atom. The van der Waals surface area contributed by atoms with E-state index in [0.717, 1.165) is 6.42 Å². The quantitative estimate of drug-likeness (QED) is 0.555. The van der Waals surface area contributed by atoms with E-state index in [1.807, 2.05) is 32.3 Å². The molecular weight excluding hydrogens is 200 g/mol. The predicted molar refractivity (Wildman–Crippen MR) is 65.7 cm³/mol. The van der Waals surface area contributed by atoms with Gasteiger partial charge in [-0.05, 0) is 18.1 Å². The molecule has 0 unspecified atom stereocenters. The fourth-order valence-electron chi connectivity index (χ4n) is 1.49. The second kappa shape index (κ2) is 6.08. The minimum Gasteiger partial charge on any atom is -0.272 e. The summed E-state index contributed by atoms with van der Waals surface area (Å²) in [5, 5.41) is 3.45. The lowest BCUT2D eigenvalue weighted by molar-refractivity contribution is -0.138. The van der Waals surface area contributed by atoms with Crippen molar-refractivity contribution in [1.29, 1.82) is 0 Å². The Labute approximate surface area is 96.9 Å². The Morgan fingerprint density at radius 2 is 1.94 bits per heavy atom. The molecule has 1 rings (SSSR count). The largest absolute Gasteiger partial charge is 0.272 e. The number of carbonyl (C=O) groups is 1. The molecule has 3 heteroatoms. The molecule has 0 N–H and O–H groups in total. The zero-order valence-corrected chi connectivity index (χ0v) is 9.89. The molecule has 0 radical (unpaired) electrons. The van der Waals surface area contributed by atoms with Crippen molar-refractivity contribution in [3.63, 3.8) is 0 Å². The van der Waals surface area contributed by atoms with Gasteiger partial charge < -0.3 is 0 Å². The summed E-state index contributed by atoms with van der Waals surface area (Å²) in [6.07, 6.45) is 2.18. The molecule has 0 spiro atoms. The fraction of sp³-hybridized carbons (Fsp3) is 0.308. The number of hydrazine groups is 1. The SMILES string of the molecule is C=CC(=O)N(CCc1ccccc1)N(C)C. The average Bonchev–Trinajstić information content (AvgIpc) is 2.30. The van der Waals surface area contributed by atoms with Gasteiger partial charge in [-0.1, -0.05) is 36.9 Å². The molecule has 0 aromatic heterocycles. The molecule has 0 saturated heterocycles. The Balaban J connectivity index is 2.57. The molecule has 16 heavy (non-hydrogen) atoms. The molecule has 0 fully saturated rings. The van der Waals surface area contributed by atoms with Gasteiger partial charge in [0, 0.05) is 20.6 Å². The summed E-state index contributed by atoms with van der Waals surface area (Å²) in [5.41, 5.74) is 1.23. The van der Waals surface area contributed by atoms with E-state index in [-0.39, 0.29) is 5.91 Å². The first-order valence-electron chi connectivity index (χ1n) is 5.30. The van der Waals surface area contributed by atoms with Gasteiger partial charge in [0.15, 0.2) is 0 Å². The van der Waals surface area contributed by atoms with Gasteiger partial charge in [0.2, 0.25) is 0 Å². The number of benzene rings is 1. The monoisotopic (exact) mass is 218 g/mol. The van der Waals surface area contributed by atoms with Gasteiger partial charge in [0.25, 0.3) is 5.91 Å². The molecule has 0 aliphatic carbocycles. The first-order valence-corrected chi connectivity index (χ1v) is 5.30. The molecule has 0 saturated carbocycles. The first-order chi connectivity index (χ1) is 7.65. The van der Waals surface area contributed by atoms with Gasteiger partial charge in [-0.25, -0.2) is 5.01 Å². The van der Waals surface area contributed by atoms with E-state index in [1.165, 1.54) is 11.6 Å². The lowest BCUT2D eigenvalue weighted by atomic mass is 10.1. The summed E-state index contributed by atoms with van der Waals surface area (Å²) in [4.78, 5) is 11.5. The van der Waals surface area contributed by atoms with Gasteiger partial charge >= 0.3 is 0 Å². The maximum absolute atomic E-state index is 11.5. The van der Waals surface area contributed by atoms with Crippen LogP contribution in [0.3, 0.4) is 0 Å². The number of carbonyl (C=O) groups excluding carboxylic acids is 1. The zero-order chi connectivity index (χ0) is 12.0. The molecule has 86 valence electrons. The summed E-state index contributed by atoms with van der Waals surface area (Å²) >= 11 is 0. The van der Waals surface area contributed by atoms with E-state index in [0.29, 0.717) is 6.54 Å². The Morgan fingerprint density at radius 1 is 1.31 bits per heavy atom. The van der Waals surface area contributed by atoms with Crippen LogP contribution >= 0.6 is 0 Å². The van der Waals surface area contributed by atoms with Crippen molar-refractivity contribution < 1.29 is 4.79 Å². The number of hydrogen-bond donors (Lipinski definition) is 0. The molecule has 0 atom stereocenters. The average molecular weight is 218 g/mol. The zero-order valence-electron chi connectivity index (χ0n) is 9.89. The molecule has 0 aliphatic rings. The lowest BCUT2D eigenvalue weighted by Gasteiger charge is -2.27. The van der Waals surface area contributed by atoms with Crippen LogP contribution in [0.2, 0.25) is 0 Å². The van der Waals surface area contributed by atoms with Crippen molar-refractivity contribution in [2.75, 3.05) is 20.6 Å². The highest BCUT2D eigenvalue weighted by molar-refractivity contribution is 5.86. The van der Waals surface area contributed by atoms with Crippen LogP contribution in [-0.4, -0.2) is 36.6 Å². The third-order valence-electron chi connectivity index (χ3n) is 2.37. The van der Waals surface area contributed by atoms with Crippen LogP contribution < -0.4 is 0 Å². The smallest absolute Gasteiger partial charge is 0.260 e. The van der Waals surface area contributed by atoms with Crippen molar-refractivity contribution in [2.24, 2.45) is 0 Å². The van der Waals surface area contributed by atoms with Crippen molar-refractivity contribution in [3.8, 4) is 0 Å². The van der Waals surface area contributed by atoms with E-state index >= 15 is 0 Å². The van der Waals surface area contributed by atoms with Crippen LogP contribution in [0.15, 0.2) is 43.0 Å². The maximum Gasteiger partial charge on any atom is 0.260 e. The lowest BCUT2D eigenvalue weighted by Crippen LogP contribution is -2.42. The third kappa shape index (κ3) is 3.51. The van der Waals surface area contributed by atoms with E-state index in [2.05, 4.69) is 18.7 Å². The third-order valence-corrected chi connectivity index (χ3v) is 2.37. The van der Waals surface area contributed by atoms with Crippen LogP contribution in [0.1, 0.15) is 5.56 Å². The Bertz CT molecular complexity index is 346. The minimum absolute atomic E-state index is 0.0686. The van der Waals surface area contributed by atoms with Gasteiger partial charge in [0.1, 0.15) is 0 Å².